The molecule has 0 aliphatic heterocycles. The Labute approximate surface area is 178 Å². The number of rotatable bonds is 5. The first kappa shape index (κ1) is 19.6. The molecule has 4 nitrogen and oxygen atoms in total. The van der Waals surface area contributed by atoms with Gasteiger partial charge in [-0.1, -0.05) is 58.8 Å². The van der Waals surface area contributed by atoms with Gasteiger partial charge in [-0.05, 0) is 49.2 Å². The van der Waals surface area contributed by atoms with Crippen molar-refractivity contribution in [2.24, 2.45) is 0 Å². The summed E-state index contributed by atoms with van der Waals surface area (Å²) in [5, 5.41) is 1.33. The highest BCUT2D eigenvalue weighted by atomic mass is 35.5. The second-order valence-corrected chi connectivity index (χ2v) is 8.48. The van der Waals surface area contributed by atoms with Crippen LogP contribution in [0.5, 0.6) is 0 Å². The number of hydrogen-bond acceptors (Lipinski definition) is 4. The zero-order valence-corrected chi connectivity index (χ0v) is 17.8. The third-order valence-electron chi connectivity index (χ3n) is 4.66. The van der Waals surface area contributed by atoms with Crippen LogP contribution in [-0.2, 0) is 17.8 Å². The molecule has 0 atom stereocenters. The van der Waals surface area contributed by atoms with E-state index in [0.717, 1.165) is 32.6 Å². The second kappa shape index (κ2) is 8.31. The van der Waals surface area contributed by atoms with Crippen LogP contribution in [0.15, 0.2) is 60.8 Å². The average Bonchev–Trinajstić information content (AvgIpc) is 3.11. The van der Waals surface area contributed by atoms with Crippen molar-refractivity contribution >= 4 is 44.2 Å². The monoisotopic (exact) mass is 421 g/mol. The molecule has 0 aliphatic carbocycles. The fraction of sp³-hybridized carbons (Fsp3) is 0.174. The van der Waals surface area contributed by atoms with E-state index in [1.54, 1.807) is 11.1 Å². The van der Waals surface area contributed by atoms with E-state index in [1.165, 1.54) is 11.3 Å². The van der Waals surface area contributed by atoms with Gasteiger partial charge >= 0.3 is 0 Å². The number of aryl methyl sites for hydroxylation is 2. The Morgan fingerprint density at radius 1 is 1.10 bits per heavy atom. The minimum Gasteiger partial charge on any atom is -0.282 e. The van der Waals surface area contributed by atoms with Crippen LogP contribution in [0.1, 0.15) is 22.4 Å². The summed E-state index contributed by atoms with van der Waals surface area (Å²) in [6.45, 7) is 4.38. The van der Waals surface area contributed by atoms with Gasteiger partial charge in [0, 0.05) is 11.2 Å². The maximum atomic E-state index is 13.3. The lowest BCUT2D eigenvalue weighted by Crippen LogP contribution is -2.32. The number of carbonyl (C=O) groups excluding carboxylic acids is 1. The zero-order chi connectivity index (χ0) is 20.4. The first-order valence-electron chi connectivity index (χ1n) is 9.32. The molecule has 29 heavy (non-hydrogen) atoms. The maximum Gasteiger partial charge on any atom is 0.233 e. The van der Waals surface area contributed by atoms with E-state index < -0.39 is 0 Å². The molecule has 0 saturated heterocycles. The van der Waals surface area contributed by atoms with Gasteiger partial charge in [-0.3, -0.25) is 14.7 Å². The summed E-state index contributed by atoms with van der Waals surface area (Å²) in [7, 11) is 0. The van der Waals surface area contributed by atoms with Gasteiger partial charge < -0.3 is 0 Å². The third-order valence-corrected chi connectivity index (χ3v) is 5.90. The lowest BCUT2D eigenvalue weighted by Gasteiger charge is -2.19. The van der Waals surface area contributed by atoms with E-state index in [4.69, 9.17) is 16.6 Å². The van der Waals surface area contributed by atoms with Gasteiger partial charge in [0.15, 0.2) is 5.13 Å². The molecule has 0 saturated carbocycles. The smallest absolute Gasteiger partial charge is 0.233 e. The fourth-order valence-electron chi connectivity index (χ4n) is 3.27. The third kappa shape index (κ3) is 4.47. The van der Waals surface area contributed by atoms with Crippen LogP contribution >= 0.6 is 22.9 Å². The number of carbonyl (C=O) groups is 1. The minimum absolute atomic E-state index is 0.0101. The Bertz CT molecular complexity index is 1170. The molecular weight excluding hydrogens is 402 g/mol. The predicted octanol–water partition coefficient (Wildman–Crippen LogP) is 5.74. The lowest BCUT2D eigenvalue weighted by atomic mass is 10.1. The van der Waals surface area contributed by atoms with Crippen molar-refractivity contribution in [2.75, 3.05) is 4.90 Å². The number of thiazole rings is 1. The highest BCUT2D eigenvalue weighted by molar-refractivity contribution is 7.22. The standard InChI is InChI=1S/C23H20ClN3OS/c1-15-6-5-7-17(10-15)12-21(28)27(14-19-8-3-4-9-25-19)23-26-22-16(2)11-18(24)13-20(22)29-23/h3-11,13H,12,14H2,1-2H3. The van der Waals surface area contributed by atoms with Crippen molar-refractivity contribution in [1.82, 2.24) is 9.97 Å². The summed E-state index contributed by atoms with van der Waals surface area (Å²) >= 11 is 7.69. The molecule has 6 heteroatoms. The Kier molecular flexibility index (Phi) is 5.60. The molecule has 146 valence electrons. The van der Waals surface area contributed by atoms with E-state index in [-0.39, 0.29) is 5.91 Å². The Morgan fingerprint density at radius 3 is 2.72 bits per heavy atom. The van der Waals surface area contributed by atoms with E-state index in [9.17, 15) is 4.79 Å². The number of anilines is 1. The predicted molar refractivity (Wildman–Crippen MR) is 120 cm³/mol. The van der Waals surface area contributed by atoms with Crippen LogP contribution < -0.4 is 4.90 Å². The topological polar surface area (TPSA) is 46.1 Å². The molecule has 4 aromatic rings. The number of pyridine rings is 1. The zero-order valence-electron chi connectivity index (χ0n) is 16.2. The molecule has 0 bridgehead atoms. The molecule has 2 aromatic carbocycles. The summed E-state index contributed by atoms with van der Waals surface area (Å²) < 4.78 is 0.972. The average molecular weight is 422 g/mol. The fourth-order valence-corrected chi connectivity index (χ4v) is 4.70. The molecule has 0 aliphatic rings. The summed E-state index contributed by atoms with van der Waals surface area (Å²) in [5.41, 5.74) is 4.82. The van der Waals surface area contributed by atoms with Crippen LogP contribution in [0.3, 0.4) is 0 Å². The van der Waals surface area contributed by atoms with Gasteiger partial charge in [0.25, 0.3) is 0 Å². The molecule has 0 N–H and O–H groups in total. The van der Waals surface area contributed by atoms with Gasteiger partial charge in [0.05, 0.1) is 28.9 Å². The van der Waals surface area contributed by atoms with Crippen molar-refractivity contribution in [3.8, 4) is 0 Å². The van der Waals surface area contributed by atoms with Crippen molar-refractivity contribution in [3.05, 3.63) is 88.2 Å². The van der Waals surface area contributed by atoms with Crippen molar-refractivity contribution in [2.45, 2.75) is 26.8 Å². The van der Waals surface area contributed by atoms with Crippen LogP contribution in [0, 0.1) is 13.8 Å². The summed E-state index contributed by atoms with van der Waals surface area (Å²) in [4.78, 5) is 24.2. The number of amides is 1. The van der Waals surface area contributed by atoms with Gasteiger partial charge in [-0.2, -0.15) is 0 Å². The van der Waals surface area contributed by atoms with Gasteiger partial charge in [0.1, 0.15) is 0 Å². The van der Waals surface area contributed by atoms with Crippen LogP contribution in [0.25, 0.3) is 10.2 Å². The van der Waals surface area contributed by atoms with Crippen molar-refractivity contribution in [3.63, 3.8) is 0 Å². The van der Waals surface area contributed by atoms with E-state index in [1.807, 2.05) is 68.4 Å². The highest BCUT2D eigenvalue weighted by Gasteiger charge is 2.21. The Balaban J connectivity index is 1.72. The van der Waals surface area contributed by atoms with Crippen LogP contribution in [0.4, 0.5) is 5.13 Å². The molecule has 1 amide bonds. The van der Waals surface area contributed by atoms with Gasteiger partial charge in [-0.25, -0.2) is 4.98 Å². The van der Waals surface area contributed by atoms with Gasteiger partial charge in [0.2, 0.25) is 5.91 Å². The van der Waals surface area contributed by atoms with Crippen LogP contribution in [-0.4, -0.2) is 15.9 Å². The van der Waals surface area contributed by atoms with E-state index >= 15 is 0 Å². The molecule has 0 spiro atoms. The van der Waals surface area contributed by atoms with Crippen LogP contribution in [0.2, 0.25) is 5.02 Å². The number of hydrogen-bond donors (Lipinski definition) is 0. The maximum absolute atomic E-state index is 13.3. The number of aromatic nitrogens is 2. The summed E-state index contributed by atoms with van der Waals surface area (Å²) in [6, 6.07) is 17.5. The molecule has 0 radical (unpaired) electrons. The number of nitrogens with zero attached hydrogens (tertiary/aromatic N) is 3. The molecule has 2 heterocycles. The molecular formula is C23H20ClN3OS. The molecule has 0 fully saturated rings. The Hall–Kier alpha value is -2.76. The highest BCUT2D eigenvalue weighted by Crippen LogP contribution is 2.34. The summed E-state index contributed by atoms with van der Waals surface area (Å²) in [6.07, 6.45) is 2.05. The SMILES string of the molecule is Cc1cccc(CC(=O)N(Cc2ccccn2)c2nc3c(C)cc(Cl)cc3s2)c1. The Morgan fingerprint density at radius 2 is 1.97 bits per heavy atom. The largest absolute Gasteiger partial charge is 0.282 e. The summed E-state index contributed by atoms with van der Waals surface area (Å²) in [5.74, 6) is -0.0101. The van der Waals surface area contributed by atoms with Gasteiger partial charge in [-0.15, -0.1) is 0 Å². The first-order valence-corrected chi connectivity index (χ1v) is 10.5. The second-order valence-electron chi connectivity index (χ2n) is 7.03. The number of fused-ring (bicyclic) bond motifs is 1. The quantitative estimate of drug-likeness (QED) is 0.413. The molecule has 4 rings (SSSR count). The van der Waals surface area contributed by atoms with E-state index in [2.05, 4.69) is 4.98 Å². The number of benzene rings is 2. The van der Waals surface area contributed by atoms with Crippen molar-refractivity contribution in [1.29, 1.82) is 0 Å². The lowest BCUT2D eigenvalue weighted by molar-refractivity contribution is -0.118. The molecule has 0 unspecified atom stereocenters. The van der Waals surface area contributed by atoms with E-state index in [0.29, 0.717) is 23.1 Å². The molecule has 2 aromatic heterocycles. The first-order chi connectivity index (χ1) is 14.0. The minimum atomic E-state index is -0.0101. The number of halogens is 1. The normalized spacial score (nSPS) is 11.0. The van der Waals surface area contributed by atoms with Crippen molar-refractivity contribution < 1.29 is 4.79 Å².